The molecule has 0 atom stereocenters. The minimum atomic E-state index is 0.808. The van der Waals surface area contributed by atoms with E-state index in [0.29, 0.717) is 0 Å². The van der Waals surface area contributed by atoms with Crippen molar-refractivity contribution in [3.8, 4) is 11.3 Å². The van der Waals surface area contributed by atoms with E-state index in [9.17, 15) is 0 Å². The van der Waals surface area contributed by atoms with Crippen LogP contribution in [0.5, 0.6) is 0 Å². The predicted octanol–water partition coefficient (Wildman–Crippen LogP) is 3.24. The third kappa shape index (κ3) is 2.15. The third-order valence-electron chi connectivity index (χ3n) is 1.74. The zero-order valence-corrected chi connectivity index (χ0v) is 9.97. The standard InChI is InChI=1S/C9H9ClN2S2/c1-11-3-9-12-7(5-14-9)6-2-8(10)13-4-6/h2,4-5,11H,3H2,1H3. The van der Waals surface area contributed by atoms with Gasteiger partial charge < -0.3 is 5.32 Å². The molecule has 2 heterocycles. The molecule has 0 saturated carbocycles. The molecule has 2 rings (SSSR count). The van der Waals surface area contributed by atoms with Crippen LogP contribution in [0.4, 0.5) is 0 Å². The van der Waals surface area contributed by atoms with Crippen LogP contribution in [0.1, 0.15) is 5.01 Å². The van der Waals surface area contributed by atoms with Crippen LogP contribution in [-0.2, 0) is 6.54 Å². The molecule has 0 aliphatic carbocycles. The molecule has 1 N–H and O–H groups in total. The Morgan fingerprint density at radius 1 is 1.43 bits per heavy atom. The van der Waals surface area contributed by atoms with Crippen LogP contribution in [-0.4, -0.2) is 12.0 Å². The smallest absolute Gasteiger partial charge is 0.107 e. The molecule has 0 bridgehead atoms. The van der Waals surface area contributed by atoms with Gasteiger partial charge in [0.25, 0.3) is 0 Å². The van der Waals surface area contributed by atoms with E-state index in [4.69, 9.17) is 11.6 Å². The summed E-state index contributed by atoms with van der Waals surface area (Å²) in [5, 5.41) is 8.27. The van der Waals surface area contributed by atoms with Crippen LogP contribution in [0.15, 0.2) is 16.8 Å². The molecular formula is C9H9ClN2S2. The molecule has 0 saturated heterocycles. The molecule has 0 radical (unpaired) electrons. The Bertz CT molecular complexity index is 422. The van der Waals surface area contributed by atoms with Crippen molar-refractivity contribution >= 4 is 34.3 Å². The fourth-order valence-electron chi connectivity index (χ4n) is 1.12. The summed E-state index contributed by atoms with van der Waals surface area (Å²) in [6.45, 7) is 0.822. The van der Waals surface area contributed by atoms with Gasteiger partial charge in [0, 0.05) is 22.9 Å². The second kappa shape index (κ2) is 4.40. The number of thiophene rings is 1. The average molecular weight is 245 g/mol. The van der Waals surface area contributed by atoms with E-state index < -0.39 is 0 Å². The van der Waals surface area contributed by atoms with Crippen molar-refractivity contribution in [2.75, 3.05) is 7.05 Å². The van der Waals surface area contributed by atoms with Crippen molar-refractivity contribution in [1.82, 2.24) is 10.3 Å². The first-order valence-electron chi connectivity index (χ1n) is 4.13. The summed E-state index contributed by atoms with van der Waals surface area (Å²) in [6.07, 6.45) is 0. The van der Waals surface area contributed by atoms with Gasteiger partial charge in [-0.3, -0.25) is 0 Å². The number of aromatic nitrogens is 1. The first-order chi connectivity index (χ1) is 6.79. The molecule has 2 nitrogen and oxygen atoms in total. The van der Waals surface area contributed by atoms with Crippen LogP contribution in [0, 0.1) is 0 Å². The maximum absolute atomic E-state index is 5.86. The van der Waals surface area contributed by atoms with Gasteiger partial charge in [-0.1, -0.05) is 11.6 Å². The highest BCUT2D eigenvalue weighted by molar-refractivity contribution is 7.14. The van der Waals surface area contributed by atoms with E-state index in [0.717, 1.165) is 27.1 Å². The summed E-state index contributed by atoms with van der Waals surface area (Å²) in [4.78, 5) is 4.49. The lowest BCUT2D eigenvalue weighted by atomic mass is 10.3. The van der Waals surface area contributed by atoms with Crippen molar-refractivity contribution in [3.05, 3.63) is 26.2 Å². The number of thiazole rings is 1. The van der Waals surface area contributed by atoms with E-state index in [-0.39, 0.29) is 0 Å². The monoisotopic (exact) mass is 244 g/mol. The summed E-state index contributed by atoms with van der Waals surface area (Å²) in [5.74, 6) is 0. The van der Waals surface area contributed by atoms with Gasteiger partial charge in [0.1, 0.15) is 5.01 Å². The van der Waals surface area contributed by atoms with Gasteiger partial charge in [-0.15, -0.1) is 22.7 Å². The Hall–Kier alpha value is -0.420. The predicted molar refractivity (Wildman–Crippen MR) is 63.2 cm³/mol. The van der Waals surface area contributed by atoms with Crippen LogP contribution < -0.4 is 5.32 Å². The summed E-state index contributed by atoms with van der Waals surface area (Å²) in [7, 11) is 1.92. The topological polar surface area (TPSA) is 24.9 Å². The maximum Gasteiger partial charge on any atom is 0.107 e. The fraction of sp³-hybridized carbons (Fsp3) is 0.222. The molecule has 0 spiro atoms. The molecule has 5 heteroatoms. The fourth-order valence-corrected chi connectivity index (χ4v) is 2.81. The van der Waals surface area contributed by atoms with E-state index in [1.54, 1.807) is 11.3 Å². The molecule has 0 aliphatic rings. The highest BCUT2D eigenvalue weighted by atomic mass is 35.5. The molecule has 0 aliphatic heterocycles. The van der Waals surface area contributed by atoms with Crippen molar-refractivity contribution in [2.24, 2.45) is 0 Å². The first-order valence-corrected chi connectivity index (χ1v) is 6.26. The zero-order valence-electron chi connectivity index (χ0n) is 7.58. The lowest BCUT2D eigenvalue weighted by Crippen LogP contribution is -2.04. The Balaban J connectivity index is 2.24. The first kappa shape index (κ1) is 10.1. The van der Waals surface area contributed by atoms with Crippen LogP contribution >= 0.6 is 34.3 Å². The Labute approximate surface area is 95.6 Å². The van der Waals surface area contributed by atoms with Crippen LogP contribution in [0.3, 0.4) is 0 Å². The van der Waals surface area contributed by atoms with Crippen molar-refractivity contribution in [2.45, 2.75) is 6.54 Å². The second-order valence-electron chi connectivity index (χ2n) is 2.80. The highest BCUT2D eigenvalue weighted by Gasteiger charge is 2.05. The van der Waals surface area contributed by atoms with Gasteiger partial charge in [0.2, 0.25) is 0 Å². The normalized spacial score (nSPS) is 10.7. The molecule has 74 valence electrons. The quantitative estimate of drug-likeness (QED) is 0.897. The van der Waals surface area contributed by atoms with Gasteiger partial charge in [0.15, 0.2) is 0 Å². The van der Waals surface area contributed by atoms with E-state index in [1.807, 2.05) is 18.5 Å². The van der Waals surface area contributed by atoms with Gasteiger partial charge in [-0.25, -0.2) is 4.98 Å². The SMILES string of the molecule is CNCc1nc(-c2csc(Cl)c2)cs1. The number of nitrogens with zero attached hydrogens (tertiary/aromatic N) is 1. The van der Waals surface area contributed by atoms with Gasteiger partial charge in [0.05, 0.1) is 10.0 Å². The van der Waals surface area contributed by atoms with Gasteiger partial charge in [-0.05, 0) is 13.1 Å². The highest BCUT2D eigenvalue weighted by Crippen LogP contribution is 2.29. The summed E-state index contributed by atoms with van der Waals surface area (Å²) < 4.78 is 0.808. The Kier molecular flexibility index (Phi) is 3.18. The number of hydrogen-bond donors (Lipinski definition) is 1. The van der Waals surface area contributed by atoms with E-state index in [2.05, 4.69) is 15.7 Å². The maximum atomic E-state index is 5.86. The number of nitrogens with one attached hydrogen (secondary N) is 1. The molecule has 0 amide bonds. The summed E-state index contributed by atoms with van der Waals surface area (Å²) in [5.41, 5.74) is 2.13. The van der Waals surface area contributed by atoms with Gasteiger partial charge >= 0.3 is 0 Å². The lowest BCUT2D eigenvalue weighted by molar-refractivity contribution is 0.811. The molecule has 0 unspecified atom stereocenters. The van der Waals surface area contributed by atoms with E-state index >= 15 is 0 Å². The zero-order chi connectivity index (χ0) is 9.97. The van der Waals surface area contributed by atoms with E-state index in [1.165, 1.54) is 11.3 Å². The Morgan fingerprint density at radius 3 is 2.93 bits per heavy atom. The molecule has 0 fully saturated rings. The summed E-state index contributed by atoms with van der Waals surface area (Å²) >= 11 is 9.06. The molecular weight excluding hydrogens is 236 g/mol. The van der Waals surface area contributed by atoms with Crippen LogP contribution in [0.2, 0.25) is 4.34 Å². The number of rotatable bonds is 3. The molecule has 0 aromatic carbocycles. The molecule has 2 aromatic rings. The minimum Gasteiger partial charge on any atom is -0.314 e. The number of hydrogen-bond acceptors (Lipinski definition) is 4. The van der Waals surface area contributed by atoms with Gasteiger partial charge in [-0.2, -0.15) is 0 Å². The largest absolute Gasteiger partial charge is 0.314 e. The van der Waals surface area contributed by atoms with Crippen LogP contribution in [0.25, 0.3) is 11.3 Å². The van der Waals surface area contributed by atoms with Crippen molar-refractivity contribution < 1.29 is 0 Å². The van der Waals surface area contributed by atoms with Crippen molar-refractivity contribution in [3.63, 3.8) is 0 Å². The lowest BCUT2D eigenvalue weighted by Gasteiger charge is -1.91. The molecule has 2 aromatic heterocycles. The minimum absolute atomic E-state index is 0.808. The molecule has 14 heavy (non-hydrogen) atoms. The summed E-state index contributed by atoms with van der Waals surface area (Å²) in [6, 6.07) is 1.95. The number of halogens is 1. The Morgan fingerprint density at radius 2 is 2.29 bits per heavy atom. The third-order valence-corrected chi connectivity index (χ3v) is 3.68. The average Bonchev–Trinajstić information content (AvgIpc) is 2.74. The van der Waals surface area contributed by atoms with Crippen molar-refractivity contribution in [1.29, 1.82) is 0 Å². The second-order valence-corrected chi connectivity index (χ2v) is 5.28.